The number of aliphatic hydroxyl groups is 4. The SMILES string of the molecule is C=C1/C(=C\C=C2/CCC[C@@]3(C)[C@H]2C[C@H](O)[C@@H]3C(C)SCCC(O)(CC)CC)C[C@@H](O)C[C@@H]1O. The molecule has 3 saturated carbocycles. The molecule has 0 heterocycles. The maximum atomic E-state index is 11.2. The lowest BCUT2D eigenvalue weighted by Crippen LogP contribution is -2.40. The Labute approximate surface area is 205 Å². The number of hydrogen-bond donors (Lipinski definition) is 4. The second-order valence-electron chi connectivity index (χ2n) is 11.1. The first-order valence-electron chi connectivity index (χ1n) is 13.0. The molecule has 3 rings (SSSR count). The van der Waals surface area contributed by atoms with Gasteiger partial charge in [-0.2, -0.15) is 11.8 Å². The molecule has 3 aliphatic rings. The van der Waals surface area contributed by atoms with Crippen LogP contribution in [0.25, 0.3) is 0 Å². The van der Waals surface area contributed by atoms with E-state index in [2.05, 4.69) is 46.4 Å². The maximum absolute atomic E-state index is 11.2. The molecule has 0 radical (unpaired) electrons. The number of fused-ring (bicyclic) bond motifs is 1. The van der Waals surface area contributed by atoms with E-state index in [1.165, 1.54) is 5.57 Å². The molecule has 0 aromatic heterocycles. The quantitative estimate of drug-likeness (QED) is 0.387. The molecule has 0 saturated heterocycles. The summed E-state index contributed by atoms with van der Waals surface area (Å²) in [4.78, 5) is 0. The van der Waals surface area contributed by atoms with Crippen LogP contribution in [-0.4, -0.2) is 55.3 Å². The lowest BCUT2D eigenvalue weighted by Gasteiger charge is -2.44. The molecule has 5 heteroatoms. The van der Waals surface area contributed by atoms with Crippen LogP contribution in [-0.2, 0) is 0 Å². The van der Waals surface area contributed by atoms with Crippen molar-refractivity contribution in [1.82, 2.24) is 0 Å². The number of aliphatic hydroxyl groups excluding tert-OH is 3. The molecule has 3 aliphatic carbocycles. The van der Waals surface area contributed by atoms with Crippen LogP contribution in [0.1, 0.15) is 85.5 Å². The first kappa shape index (κ1) is 27.0. The average Bonchev–Trinajstić information content (AvgIpc) is 3.05. The number of hydrogen-bond acceptors (Lipinski definition) is 5. The van der Waals surface area contributed by atoms with Crippen LogP contribution in [0.5, 0.6) is 0 Å². The van der Waals surface area contributed by atoms with Crippen molar-refractivity contribution in [2.24, 2.45) is 17.3 Å². The first-order chi connectivity index (χ1) is 15.5. The van der Waals surface area contributed by atoms with Crippen LogP contribution < -0.4 is 0 Å². The van der Waals surface area contributed by atoms with E-state index in [9.17, 15) is 20.4 Å². The standard InChI is InChI=1S/C28H46O4S/c1-6-28(32,7-2)13-14-33-19(4)26-25(31)17-23-20(9-8-12-27(23,26)5)10-11-21-15-22(29)16-24(30)18(21)3/h10-11,19,22-26,29-32H,3,6-9,12-17H2,1-2,4-5H3/b20-10+,21-11-/t19?,22-,23+,24+,25+,26+,27+/m1/s1. The summed E-state index contributed by atoms with van der Waals surface area (Å²) in [6.07, 6.45) is 10.2. The molecular weight excluding hydrogens is 432 g/mol. The molecule has 4 N–H and O–H groups in total. The second-order valence-corrected chi connectivity index (χ2v) is 12.6. The number of allylic oxidation sites excluding steroid dienone is 3. The lowest BCUT2D eigenvalue weighted by atomic mass is 9.63. The van der Waals surface area contributed by atoms with Gasteiger partial charge in [0.15, 0.2) is 0 Å². The van der Waals surface area contributed by atoms with Gasteiger partial charge in [-0.15, -0.1) is 0 Å². The van der Waals surface area contributed by atoms with Gasteiger partial charge in [0.1, 0.15) is 0 Å². The number of rotatable bonds is 8. The van der Waals surface area contributed by atoms with Crippen molar-refractivity contribution < 1.29 is 20.4 Å². The summed E-state index contributed by atoms with van der Waals surface area (Å²) in [5.74, 6) is 1.53. The molecule has 188 valence electrons. The third-order valence-corrected chi connectivity index (χ3v) is 10.4. The fourth-order valence-electron chi connectivity index (χ4n) is 6.75. The van der Waals surface area contributed by atoms with Gasteiger partial charge in [0, 0.05) is 17.6 Å². The van der Waals surface area contributed by atoms with E-state index in [1.807, 2.05) is 11.8 Å². The van der Waals surface area contributed by atoms with Gasteiger partial charge >= 0.3 is 0 Å². The normalized spacial score (nSPS) is 38.7. The van der Waals surface area contributed by atoms with Gasteiger partial charge in [-0.25, -0.2) is 0 Å². The molecule has 33 heavy (non-hydrogen) atoms. The molecular formula is C28H46O4S. The molecule has 1 unspecified atom stereocenters. The third-order valence-electron chi connectivity index (χ3n) is 9.11. The second kappa shape index (κ2) is 11.0. The van der Waals surface area contributed by atoms with E-state index < -0.39 is 17.8 Å². The van der Waals surface area contributed by atoms with Gasteiger partial charge in [-0.1, -0.05) is 52.0 Å². The largest absolute Gasteiger partial charge is 0.393 e. The molecule has 0 amide bonds. The Bertz CT molecular complexity index is 755. The molecule has 0 spiro atoms. The van der Waals surface area contributed by atoms with Gasteiger partial charge in [0.2, 0.25) is 0 Å². The van der Waals surface area contributed by atoms with Crippen LogP contribution in [0.2, 0.25) is 0 Å². The Balaban J connectivity index is 1.73. The minimum Gasteiger partial charge on any atom is -0.393 e. The lowest BCUT2D eigenvalue weighted by molar-refractivity contribution is 0.0295. The van der Waals surface area contributed by atoms with Gasteiger partial charge in [0.25, 0.3) is 0 Å². The topological polar surface area (TPSA) is 80.9 Å². The summed E-state index contributed by atoms with van der Waals surface area (Å²) < 4.78 is 0. The summed E-state index contributed by atoms with van der Waals surface area (Å²) in [5.41, 5.74) is 2.57. The average molecular weight is 479 g/mol. The zero-order valence-corrected chi connectivity index (χ0v) is 21.9. The Morgan fingerprint density at radius 3 is 2.55 bits per heavy atom. The summed E-state index contributed by atoms with van der Waals surface area (Å²) in [6, 6.07) is 0. The van der Waals surface area contributed by atoms with Gasteiger partial charge in [-0.3, -0.25) is 0 Å². The van der Waals surface area contributed by atoms with Gasteiger partial charge < -0.3 is 20.4 Å². The number of thioether (sulfide) groups is 1. The van der Waals surface area contributed by atoms with Crippen LogP contribution in [0.4, 0.5) is 0 Å². The molecule has 0 aliphatic heterocycles. The van der Waals surface area contributed by atoms with E-state index in [0.29, 0.717) is 24.0 Å². The molecule has 4 nitrogen and oxygen atoms in total. The van der Waals surface area contributed by atoms with E-state index in [0.717, 1.165) is 61.8 Å². The maximum Gasteiger partial charge on any atom is 0.0811 e. The van der Waals surface area contributed by atoms with Crippen molar-refractivity contribution >= 4 is 11.8 Å². The van der Waals surface area contributed by atoms with Crippen LogP contribution in [0.15, 0.2) is 35.5 Å². The molecule has 0 aromatic rings. The summed E-state index contributed by atoms with van der Waals surface area (Å²) >= 11 is 1.91. The van der Waals surface area contributed by atoms with Crippen molar-refractivity contribution in [1.29, 1.82) is 0 Å². The first-order valence-corrected chi connectivity index (χ1v) is 14.1. The third kappa shape index (κ3) is 5.81. The predicted molar refractivity (Wildman–Crippen MR) is 138 cm³/mol. The smallest absolute Gasteiger partial charge is 0.0811 e. The van der Waals surface area contributed by atoms with Crippen LogP contribution >= 0.6 is 11.8 Å². The highest BCUT2D eigenvalue weighted by molar-refractivity contribution is 7.99. The van der Waals surface area contributed by atoms with Gasteiger partial charge in [-0.05, 0) is 79.6 Å². The van der Waals surface area contributed by atoms with E-state index in [-0.39, 0.29) is 17.4 Å². The van der Waals surface area contributed by atoms with Gasteiger partial charge in [0.05, 0.1) is 23.9 Å². The fraction of sp³-hybridized carbons (Fsp3) is 0.786. The molecule has 0 bridgehead atoms. The highest BCUT2D eigenvalue weighted by Crippen LogP contribution is 2.59. The zero-order chi connectivity index (χ0) is 24.4. The Morgan fingerprint density at radius 1 is 1.18 bits per heavy atom. The zero-order valence-electron chi connectivity index (χ0n) is 21.1. The summed E-state index contributed by atoms with van der Waals surface area (Å²) in [5, 5.41) is 42.4. The monoisotopic (exact) mass is 478 g/mol. The summed E-state index contributed by atoms with van der Waals surface area (Å²) in [7, 11) is 0. The minimum absolute atomic E-state index is 0.0723. The highest BCUT2D eigenvalue weighted by Gasteiger charge is 2.55. The van der Waals surface area contributed by atoms with E-state index in [4.69, 9.17) is 0 Å². The van der Waals surface area contributed by atoms with Crippen molar-refractivity contribution in [3.05, 3.63) is 35.5 Å². The molecule has 3 fully saturated rings. The predicted octanol–water partition coefficient (Wildman–Crippen LogP) is 5.16. The van der Waals surface area contributed by atoms with Crippen LogP contribution in [0.3, 0.4) is 0 Å². The minimum atomic E-state index is -0.663. The molecule has 0 aromatic carbocycles. The van der Waals surface area contributed by atoms with Crippen molar-refractivity contribution in [2.75, 3.05) is 5.75 Å². The summed E-state index contributed by atoms with van der Waals surface area (Å²) in [6.45, 7) is 12.8. The van der Waals surface area contributed by atoms with Crippen molar-refractivity contribution in [3.8, 4) is 0 Å². The Hall–Kier alpha value is -0.590. The fourth-order valence-corrected chi connectivity index (χ4v) is 8.32. The molecule has 7 atom stereocenters. The highest BCUT2D eigenvalue weighted by atomic mass is 32.2. The van der Waals surface area contributed by atoms with Crippen LogP contribution in [0, 0.1) is 17.3 Å². The van der Waals surface area contributed by atoms with Crippen molar-refractivity contribution in [3.63, 3.8) is 0 Å². The van der Waals surface area contributed by atoms with Crippen molar-refractivity contribution in [2.45, 2.75) is 115 Å². The Kier molecular flexibility index (Phi) is 8.99. The van der Waals surface area contributed by atoms with E-state index in [1.54, 1.807) is 0 Å². The Morgan fingerprint density at radius 2 is 1.88 bits per heavy atom. The van der Waals surface area contributed by atoms with E-state index >= 15 is 0 Å².